The van der Waals surface area contributed by atoms with Crippen molar-refractivity contribution in [2.75, 3.05) is 19.7 Å². The van der Waals surface area contributed by atoms with Crippen LogP contribution in [0.4, 0.5) is 4.79 Å². The number of hydrogen-bond donors (Lipinski definition) is 0. The minimum Gasteiger partial charge on any atom is -0.465 e. The number of carbonyl (C=O) groups is 2. The molecule has 0 aliphatic carbocycles. The molecule has 0 saturated carbocycles. The number of nitrogens with zero attached hydrogens (tertiary/aromatic N) is 2. The Balaban J connectivity index is 1.41. The van der Waals surface area contributed by atoms with Gasteiger partial charge in [0.25, 0.3) is 0 Å². The molecule has 0 N–H and O–H groups in total. The van der Waals surface area contributed by atoms with Gasteiger partial charge in [0, 0.05) is 19.6 Å². The summed E-state index contributed by atoms with van der Waals surface area (Å²) < 4.78 is 17.4. The molecule has 1 saturated heterocycles. The molecule has 1 aliphatic rings. The number of oxazole rings is 1. The summed E-state index contributed by atoms with van der Waals surface area (Å²) in [5.41, 5.74) is 0.661. The van der Waals surface area contributed by atoms with Gasteiger partial charge in [0.2, 0.25) is 0 Å². The summed E-state index contributed by atoms with van der Waals surface area (Å²) in [6, 6.07) is 7.10. The molecule has 0 radical (unpaired) electrons. The lowest BCUT2D eigenvalue weighted by atomic mass is 9.98. The van der Waals surface area contributed by atoms with E-state index < -0.39 is 11.4 Å². The third kappa shape index (κ3) is 5.62. The summed E-state index contributed by atoms with van der Waals surface area (Å²) in [4.78, 5) is 37.8. The predicted molar refractivity (Wildman–Crippen MR) is 107 cm³/mol. The summed E-state index contributed by atoms with van der Waals surface area (Å²) in [5.74, 6) is -0.611. The van der Waals surface area contributed by atoms with Crippen LogP contribution in [0, 0.1) is 5.92 Å². The van der Waals surface area contributed by atoms with Crippen LogP contribution in [0.2, 0.25) is 0 Å². The van der Waals surface area contributed by atoms with Crippen LogP contribution in [0.15, 0.2) is 33.5 Å². The number of likely N-dealkylation sites (tertiary alicyclic amines) is 1. The Kier molecular flexibility index (Phi) is 6.30. The molecule has 158 valence electrons. The van der Waals surface area contributed by atoms with Crippen LogP contribution in [0.5, 0.6) is 0 Å². The highest BCUT2D eigenvalue weighted by molar-refractivity contribution is 5.73. The van der Waals surface area contributed by atoms with E-state index in [2.05, 4.69) is 0 Å². The zero-order valence-corrected chi connectivity index (χ0v) is 17.2. The standard InChI is InChI=1S/C21H28N2O6/c1-21(2,3)29-19(25)22-11-8-15(9-12-22)14-27-18(24)10-13-23-16-6-4-5-7-17(16)28-20(23)26/h4-7,15H,8-14H2,1-3H3. The number of esters is 1. The van der Waals surface area contributed by atoms with Crippen molar-refractivity contribution >= 4 is 23.2 Å². The lowest BCUT2D eigenvalue weighted by Crippen LogP contribution is -2.42. The maximum Gasteiger partial charge on any atom is 0.419 e. The molecule has 3 rings (SSSR count). The number of piperidine rings is 1. The number of aryl methyl sites for hydroxylation is 1. The van der Waals surface area contributed by atoms with E-state index >= 15 is 0 Å². The van der Waals surface area contributed by atoms with Crippen molar-refractivity contribution in [2.24, 2.45) is 5.92 Å². The lowest BCUT2D eigenvalue weighted by Gasteiger charge is -2.33. The van der Waals surface area contributed by atoms with Crippen molar-refractivity contribution in [1.82, 2.24) is 9.47 Å². The molecule has 1 aliphatic heterocycles. The molecule has 0 bridgehead atoms. The molecule has 8 nitrogen and oxygen atoms in total. The van der Waals surface area contributed by atoms with E-state index in [0.717, 1.165) is 12.8 Å². The fraction of sp³-hybridized carbons (Fsp3) is 0.571. The molecule has 1 fully saturated rings. The van der Waals surface area contributed by atoms with Gasteiger partial charge in [-0.05, 0) is 51.7 Å². The van der Waals surface area contributed by atoms with Gasteiger partial charge in [0.05, 0.1) is 18.5 Å². The second-order valence-electron chi connectivity index (χ2n) is 8.33. The summed E-state index contributed by atoms with van der Waals surface area (Å²) in [6.45, 7) is 7.25. The van der Waals surface area contributed by atoms with E-state index in [9.17, 15) is 14.4 Å². The SMILES string of the molecule is CC(C)(C)OC(=O)N1CCC(COC(=O)CCn2c(=O)oc3ccccc32)CC1. The molecule has 0 spiro atoms. The van der Waals surface area contributed by atoms with Crippen molar-refractivity contribution in [3.63, 3.8) is 0 Å². The largest absolute Gasteiger partial charge is 0.465 e. The van der Waals surface area contributed by atoms with E-state index in [1.807, 2.05) is 26.8 Å². The van der Waals surface area contributed by atoms with Gasteiger partial charge in [-0.25, -0.2) is 9.59 Å². The molecule has 2 aromatic rings. The third-order valence-corrected chi connectivity index (χ3v) is 4.86. The van der Waals surface area contributed by atoms with Crippen molar-refractivity contribution < 1.29 is 23.5 Å². The van der Waals surface area contributed by atoms with Gasteiger partial charge in [-0.1, -0.05) is 12.1 Å². The van der Waals surface area contributed by atoms with Crippen molar-refractivity contribution in [1.29, 1.82) is 0 Å². The first kappa shape index (κ1) is 21.0. The Morgan fingerprint density at radius 1 is 1.17 bits per heavy atom. The maximum absolute atomic E-state index is 12.1. The second kappa shape index (κ2) is 8.71. The smallest absolute Gasteiger partial charge is 0.419 e. The zero-order valence-electron chi connectivity index (χ0n) is 17.2. The summed E-state index contributed by atoms with van der Waals surface area (Å²) in [6.07, 6.45) is 1.32. The minimum absolute atomic E-state index is 0.0974. The van der Waals surface area contributed by atoms with Crippen LogP contribution in [0.25, 0.3) is 11.1 Å². The normalized spacial score (nSPS) is 15.5. The van der Waals surface area contributed by atoms with E-state index in [4.69, 9.17) is 13.9 Å². The number of amides is 1. The van der Waals surface area contributed by atoms with Crippen LogP contribution in [0.1, 0.15) is 40.0 Å². The number of benzene rings is 1. The molecular weight excluding hydrogens is 376 g/mol. The monoisotopic (exact) mass is 404 g/mol. The van der Waals surface area contributed by atoms with Gasteiger partial charge >= 0.3 is 17.8 Å². The molecule has 1 aromatic carbocycles. The first-order valence-corrected chi connectivity index (χ1v) is 9.95. The molecule has 8 heteroatoms. The quantitative estimate of drug-likeness (QED) is 0.711. The Bertz CT molecular complexity index is 915. The van der Waals surface area contributed by atoms with Gasteiger partial charge in [-0.15, -0.1) is 0 Å². The number of aromatic nitrogens is 1. The number of carbonyl (C=O) groups excluding carboxylic acids is 2. The molecule has 0 unspecified atom stereocenters. The molecule has 1 aromatic heterocycles. The number of rotatable bonds is 5. The summed E-state index contributed by atoms with van der Waals surface area (Å²) >= 11 is 0. The second-order valence-corrected chi connectivity index (χ2v) is 8.33. The Morgan fingerprint density at radius 3 is 2.55 bits per heavy atom. The Labute approximate surface area is 169 Å². The van der Waals surface area contributed by atoms with Gasteiger partial charge in [0.15, 0.2) is 5.58 Å². The van der Waals surface area contributed by atoms with E-state index in [0.29, 0.717) is 30.8 Å². The molecule has 2 heterocycles. The molecule has 29 heavy (non-hydrogen) atoms. The number of para-hydroxylation sites is 2. The highest BCUT2D eigenvalue weighted by Gasteiger charge is 2.27. The highest BCUT2D eigenvalue weighted by atomic mass is 16.6. The van der Waals surface area contributed by atoms with Crippen LogP contribution in [-0.4, -0.2) is 46.8 Å². The fourth-order valence-corrected chi connectivity index (χ4v) is 3.32. The van der Waals surface area contributed by atoms with Gasteiger partial charge in [0.1, 0.15) is 5.60 Å². The number of ether oxygens (including phenoxy) is 2. The summed E-state index contributed by atoms with van der Waals surface area (Å²) in [5, 5.41) is 0. The number of hydrogen-bond acceptors (Lipinski definition) is 6. The lowest BCUT2D eigenvalue weighted by molar-refractivity contribution is -0.145. The van der Waals surface area contributed by atoms with Gasteiger partial charge in [-0.2, -0.15) is 0 Å². The topological polar surface area (TPSA) is 91.0 Å². The van der Waals surface area contributed by atoms with Crippen molar-refractivity contribution in [3.8, 4) is 0 Å². The average Bonchev–Trinajstić information content (AvgIpc) is 2.98. The van der Waals surface area contributed by atoms with Crippen LogP contribution >= 0.6 is 0 Å². The van der Waals surface area contributed by atoms with Crippen molar-refractivity contribution in [3.05, 3.63) is 34.8 Å². The molecule has 1 amide bonds. The van der Waals surface area contributed by atoms with Crippen LogP contribution in [0.3, 0.4) is 0 Å². The maximum atomic E-state index is 12.1. The third-order valence-electron chi connectivity index (χ3n) is 4.86. The fourth-order valence-electron chi connectivity index (χ4n) is 3.32. The first-order chi connectivity index (χ1) is 13.7. The van der Waals surface area contributed by atoms with Gasteiger partial charge < -0.3 is 18.8 Å². The first-order valence-electron chi connectivity index (χ1n) is 9.95. The van der Waals surface area contributed by atoms with Crippen LogP contribution in [-0.2, 0) is 20.8 Å². The van der Waals surface area contributed by atoms with Crippen LogP contribution < -0.4 is 5.76 Å². The minimum atomic E-state index is -0.508. The predicted octanol–water partition coefficient (Wildman–Crippen LogP) is 3.17. The Hall–Kier alpha value is -2.77. The average molecular weight is 404 g/mol. The highest BCUT2D eigenvalue weighted by Crippen LogP contribution is 2.20. The van der Waals surface area contributed by atoms with E-state index in [1.165, 1.54) is 4.57 Å². The van der Waals surface area contributed by atoms with E-state index in [1.54, 1.807) is 23.1 Å². The van der Waals surface area contributed by atoms with Gasteiger partial charge in [-0.3, -0.25) is 9.36 Å². The van der Waals surface area contributed by atoms with E-state index in [-0.39, 0.29) is 30.9 Å². The summed E-state index contributed by atoms with van der Waals surface area (Å²) in [7, 11) is 0. The molecular formula is C21H28N2O6. The Morgan fingerprint density at radius 2 is 1.86 bits per heavy atom. The molecule has 0 atom stereocenters. The zero-order chi connectivity index (χ0) is 21.0. The van der Waals surface area contributed by atoms with Crippen molar-refractivity contribution in [2.45, 2.75) is 52.2 Å². The number of fused-ring (bicyclic) bond motifs is 1.